The van der Waals surface area contributed by atoms with Gasteiger partial charge in [0.1, 0.15) is 31.3 Å². The number of benzene rings is 2. The summed E-state index contributed by atoms with van der Waals surface area (Å²) in [7, 11) is 2.94. The van der Waals surface area contributed by atoms with E-state index in [4.69, 9.17) is 61.4 Å². The van der Waals surface area contributed by atoms with Gasteiger partial charge in [0.05, 0.1) is 44.0 Å². The van der Waals surface area contributed by atoms with E-state index in [1.807, 2.05) is 0 Å². The van der Waals surface area contributed by atoms with Crippen molar-refractivity contribution in [1.29, 1.82) is 0 Å². The minimum atomic E-state index is -0.642. The van der Waals surface area contributed by atoms with E-state index in [2.05, 4.69) is 9.97 Å². The van der Waals surface area contributed by atoms with Gasteiger partial charge in [0, 0.05) is 24.3 Å². The second-order valence-corrected chi connectivity index (χ2v) is 9.82. The van der Waals surface area contributed by atoms with Gasteiger partial charge in [-0.3, -0.25) is 20.2 Å². The molecule has 0 unspecified atom stereocenters. The SMILES string of the molecule is Cn1c(CO)cnc1[N+](=O)[O-].Cn1c(COc2c(Cl)cc([N+](=O)[O-])cc2Cl)cnc1[N+](=O)[O-].O=[N+]([O-])c1cc(Cl)c(O)c(Cl)c1. The number of aliphatic hydroxyl groups excluding tert-OH is 1. The van der Waals surface area contributed by atoms with Gasteiger partial charge in [0.25, 0.3) is 11.4 Å². The highest BCUT2D eigenvalue weighted by molar-refractivity contribution is 6.38. The van der Waals surface area contributed by atoms with Gasteiger partial charge in [-0.25, -0.2) is 9.13 Å². The second kappa shape index (κ2) is 15.8. The van der Waals surface area contributed by atoms with Crippen molar-refractivity contribution < 1.29 is 34.6 Å². The van der Waals surface area contributed by atoms with Crippen molar-refractivity contribution in [3.63, 3.8) is 0 Å². The lowest BCUT2D eigenvalue weighted by Gasteiger charge is -2.09. The van der Waals surface area contributed by atoms with Gasteiger partial charge in [-0.05, 0) is 9.85 Å². The molecule has 0 aliphatic heterocycles. The lowest BCUT2D eigenvalue weighted by molar-refractivity contribution is -0.396. The van der Waals surface area contributed by atoms with Crippen molar-refractivity contribution in [2.45, 2.75) is 13.2 Å². The predicted molar refractivity (Wildman–Crippen MR) is 158 cm³/mol. The first-order chi connectivity index (χ1) is 21.0. The number of hydrogen-bond donors (Lipinski definition) is 2. The molecule has 45 heavy (non-hydrogen) atoms. The molecule has 0 bridgehead atoms. The first-order valence-corrected chi connectivity index (χ1v) is 13.0. The van der Waals surface area contributed by atoms with Crippen LogP contribution >= 0.6 is 46.4 Å². The Bertz CT molecular complexity index is 1720. The number of nitro benzene ring substituents is 2. The van der Waals surface area contributed by atoms with Crippen molar-refractivity contribution in [2.75, 3.05) is 0 Å². The molecule has 2 N–H and O–H groups in total. The molecule has 0 radical (unpaired) electrons. The summed E-state index contributed by atoms with van der Waals surface area (Å²) in [6.07, 6.45) is 2.56. The lowest BCUT2D eigenvalue weighted by atomic mass is 10.3. The molecule has 0 atom stereocenters. The van der Waals surface area contributed by atoms with Gasteiger partial charge in [-0.2, -0.15) is 0 Å². The normalized spacial score (nSPS) is 10.2. The topological polar surface area (TPSA) is 258 Å². The number of non-ortho nitro benzene ring substituents is 2. The number of aromatic hydroxyl groups is 1. The molecule has 0 fully saturated rings. The minimum Gasteiger partial charge on any atom is -0.505 e. The van der Waals surface area contributed by atoms with Crippen LogP contribution < -0.4 is 4.74 Å². The summed E-state index contributed by atoms with van der Waals surface area (Å²) in [6, 6.07) is 4.27. The number of phenols is 1. The van der Waals surface area contributed by atoms with Crippen LogP contribution in [0.5, 0.6) is 11.5 Å². The Morgan fingerprint density at radius 2 is 1.09 bits per heavy atom. The van der Waals surface area contributed by atoms with Gasteiger partial charge in [0.2, 0.25) is 0 Å². The zero-order valence-electron chi connectivity index (χ0n) is 22.5. The van der Waals surface area contributed by atoms with Crippen molar-refractivity contribution in [3.8, 4) is 11.5 Å². The third-order valence-corrected chi connectivity index (χ3v) is 6.52. The molecule has 0 spiro atoms. The van der Waals surface area contributed by atoms with E-state index >= 15 is 0 Å². The highest BCUT2D eigenvalue weighted by atomic mass is 35.5. The van der Waals surface area contributed by atoms with Gasteiger partial charge >= 0.3 is 11.9 Å². The van der Waals surface area contributed by atoms with Crippen LogP contribution in [0.4, 0.5) is 23.3 Å². The van der Waals surface area contributed by atoms with E-state index < -0.39 is 19.7 Å². The zero-order chi connectivity index (χ0) is 34.2. The Balaban J connectivity index is 0.000000259. The molecule has 2 heterocycles. The van der Waals surface area contributed by atoms with Gasteiger partial charge < -0.3 is 35.2 Å². The van der Waals surface area contributed by atoms with Crippen LogP contribution in [-0.4, -0.2) is 49.0 Å². The summed E-state index contributed by atoms with van der Waals surface area (Å²) in [5, 5.41) is 59.1. The number of aliphatic hydroxyl groups is 1. The number of halogens is 4. The van der Waals surface area contributed by atoms with E-state index in [1.165, 1.54) is 35.6 Å². The highest BCUT2D eigenvalue weighted by Crippen LogP contribution is 2.37. The molecule has 19 nitrogen and oxygen atoms in total. The number of ether oxygens (including phenoxy) is 1. The van der Waals surface area contributed by atoms with Gasteiger partial charge in [-0.15, -0.1) is 0 Å². The standard InChI is InChI=1S/C11H8Cl2N4O5.C6H3Cl2NO3.C5H7N3O3/c1-15-7(4-14-11(15)17(20)21)5-22-10-8(12)2-6(16(18)19)3-9(10)13;7-4-1-3(9(11)12)2-5(8)6(4)10;1-7-4(3-9)2-6-5(7)8(10)11/h2-4H,5H2,1H3;1-2,10H;2,9H,3H2,1H3. The number of imidazole rings is 2. The number of aromatic nitrogens is 4. The lowest BCUT2D eigenvalue weighted by Crippen LogP contribution is -2.05. The van der Waals surface area contributed by atoms with E-state index in [-0.39, 0.29) is 68.1 Å². The summed E-state index contributed by atoms with van der Waals surface area (Å²) < 4.78 is 7.87. The first-order valence-electron chi connectivity index (χ1n) is 11.5. The van der Waals surface area contributed by atoms with Crippen LogP contribution in [-0.2, 0) is 27.3 Å². The van der Waals surface area contributed by atoms with Crippen LogP contribution in [0, 0.1) is 40.5 Å². The quantitative estimate of drug-likeness (QED) is 0.168. The fraction of sp³-hybridized carbons (Fsp3) is 0.182. The third-order valence-electron chi connectivity index (χ3n) is 5.38. The molecule has 4 rings (SSSR count). The fourth-order valence-corrected chi connectivity index (χ4v) is 4.14. The van der Waals surface area contributed by atoms with Crippen molar-refractivity contribution in [2.24, 2.45) is 14.1 Å². The van der Waals surface area contributed by atoms with E-state index in [0.29, 0.717) is 11.4 Å². The first kappa shape index (κ1) is 36.4. The molecule has 0 saturated carbocycles. The fourth-order valence-electron chi connectivity index (χ4n) is 3.08. The van der Waals surface area contributed by atoms with Crippen molar-refractivity contribution in [3.05, 3.63) is 109 Å². The van der Waals surface area contributed by atoms with Crippen LogP contribution in [0.15, 0.2) is 36.7 Å². The Hall–Kier alpha value is -4.82. The maximum Gasteiger partial charge on any atom is 0.434 e. The van der Waals surface area contributed by atoms with Crippen molar-refractivity contribution >= 4 is 69.7 Å². The van der Waals surface area contributed by atoms with Gasteiger partial charge in [-0.1, -0.05) is 56.4 Å². The second-order valence-electron chi connectivity index (χ2n) is 8.19. The minimum absolute atomic E-state index is 0.0316. The summed E-state index contributed by atoms with van der Waals surface area (Å²) in [5.41, 5.74) is 0.329. The van der Waals surface area contributed by atoms with Gasteiger partial charge in [0.15, 0.2) is 17.2 Å². The molecule has 2 aromatic heterocycles. The zero-order valence-corrected chi connectivity index (χ0v) is 25.6. The highest BCUT2D eigenvalue weighted by Gasteiger charge is 2.20. The summed E-state index contributed by atoms with van der Waals surface area (Å²) in [5.74, 6) is -0.879. The summed E-state index contributed by atoms with van der Waals surface area (Å²) in [6.45, 7) is -0.327. The molecular weight excluding hydrogens is 694 g/mol. The van der Waals surface area contributed by atoms with Crippen molar-refractivity contribution in [1.82, 2.24) is 19.1 Å². The average Bonchev–Trinajstić information content (AvgIpc) is 3.53. The van der Waals surface area contributed by atoms with E-state index in [0.717, 1.165) is 24.3 Å². The maximum atomic E-state index is 10.7. The van der Waals surface area contributed by atoms with Crippen LogP contribution in [0.2, 0.25) is 20.1 Å². The monoisotopic (exact) mass is 710 g/mol. The third kappa shape index (κ3) is 9.33. The van der Waals surface area contributed by atoms with Crippen LogP contribution in [0.1, 0.15) is 11.4 Å². The molecule has 2 aromatic carbocycles. The molecule has 4 aromatic rings. The molecule has 23 heteroatoms. The Kier molecular flexibility index (Phi) is 12.7. The largest absolute Gasteiger partial charge is 0.505 e. The summed E-state index contributed by atoms with van der Waals surface area (Å²) >= 11 is 22.6. The number of nitro groups is 4. The number of phenolic OH excluding ortho intramolecular Hbond substituents is 1. The molecular formula is C22H18Cl4N8O11. The van der Waals surface area contributed by atoms with E-state index in [9.17, 15) is 40.5 Å². The smallest absolute Gasteiger partial charge is 0.434 e. The molecule has 0 amide bonds. The molecule has 0 aliphatic carbocycles. The number of nitrogens with zero attached hydrogens (tertiary/aromatic N) is 8. The number of rotatable bonds is 8. The van der Waals surface area contributed by atoms with Crippen LogP contribution in [0.25, 0.3) is 0 Å². The van der Waals surface area contributed by atoms with Crippen LogP contribution in [0.3, 0.4) is 0 Å². The Morgan fingerprint density at radius 3 is 1.42 bits per heavy atom. The summed E-state index contributed by atoms with van der Waals surface area (Å²) in [4.78, 5) is 46.4. The molecule has 0 aliphatic rings. The molecule has 0 saturated heterocycles. The predicted octanol–water partition coefficient (Wildman–Crippen LogP) is 5.55. The Labute approximate surface area is 270 Å². The maximum absolute atomic E-state index is 10.7. The van der Waals surface area contributed by atoms with E-state index in [1.54, 1.807) is 0 Å². The molecule has 240 valence electrons. The Morgan fingerprint density at radius 1 is 0.711 bits per heavy atom. The number of hydrogen-bond acceptors (Lipinski definition) is 13. The average molecular weight is 712 g/mol.